The summed E-state index contributed by atoms with van der Waals surface area (Å²) in [6.45, 7) is 0.397. The fourth-order valence-corrected chi connectivity index (χ4v) is 3.90. The van der Waals surface area contributed by atoms with Gasteiger partial charge in [0.25, 0.3) is 0 Å². The molecule has 0 saturated carbocycles. The molecule has 2 saturated heterocycles. The third-order valence-corrected chi connectivity index (χ3v) is 5.06. The molecule has 2 aliphatic rings. The number of aromatic nitrogens is 2. The summed E-state index contributed by atoms with van der Waals surface area (Å²) in [6, 6.07) is 8.02. The quantitative estimate of drug-likeness (QED) is 0.922. The zero-order valence-corrected chi connectivity index (χ0v) is 13.2. The summed E-state index contributed by atoms with van der Waals surface area (Å²) < 4.78 is 2.00. The maximum Gasteiger partial charge on any atom is 0.318 e. The number of nitrogens with one attached hydrogen (secondary N) is 1. The van der Waals surface area contributed by atoms with Crippen LogP contribution < -0.4 is 5.32 Å². The summed E-state index contributed by atoms with van der Waals surface area (Å²) in [6.07, 6.45) is 2.90. The lowest BCUT2D eigenvalue weighted by Crippen LogP contribution is -2.50. The molecule has 0 spiro atoms. The van der Waals surface area contributed by atoms with E-state index >= 15 is 0 Å². The molecule has 6 heteroatoms. The van der Waals surface area contributed by atoms with Crippen LogP contribution in [0.2, 0.25) is 0 Å². The number of Topliss-reactive ketones (excluding diaryl/α,β-unsaturated/α-hetero) is 1. The van der Waals surface area contributed by atoms with Crippen molar-refractivity contribution in [3.8, 4) is 0 Å². The molecular formula is C17H20N4O2. The Bertz CT molecular complexity index is 766. The number of carbonyl (C=O) groups excluding carboxylic acids is 2. The lowest BCUT2D eigenvalue weighted by Gasteiger charge is -2.33. The highest BCUT2D eigenvalue weighted by atomic mass is 16.2. The Morgan fingerprint density at radius 2 is 1.96 bits per heavy atom. The van der Waals surface area contributed by atoms with Crippen molar-refractivity contribution < 1.29 is 9.59 Å². The Labute approximate surface area is 134 Å². The maximum atomic E-state index is 12.5. The van der Waals surface area contributed by atoms with Crippen molar-refractivity contribution in [2.75, 3.05) is 0 Å². The van der Waals surface area contributed by atoms with Gasteiger partial charge in [-0.3, -0.25) is 4.79 Å². The average molecular weight is 312 g/mol. The number of para-hydroxylation sites is 2. The van der Waals surface area contributed by atoms with Gasteiger partial charge in [-0.05, 0) is 25.0 Å². The van der Waals surface area contributed by atoms with Gasteiger partial charge in [-0.1, -0.05) is 12.1 Å². The van der Waals surface area contributed by atoms with Crippen LogP contribution in [0.25, 0.3) is 11.0 Å². The lowest BCUT2D eigenvalue weighted by atomic mass is 10.0. The van der Waals surface area contributed by atoms with Crippen molar-refractivity contribution in [2.45, 2.75) is 44.3 Å². The molecule has 1 N–H and O–H groups in total. The fraction of sp³-hybridized carbons (Fsp3) is 0.471. The Morgan fingerprint density at radius 1 is 1.26 bits per heavy atom. The molecule has 2 fully saturated rings. The van der Waals surface area contributed by atoms with E-state index in [-0.39, 0.29) is 23.9 Å². The van der Waals surface area contributed by atoms with E-state index in [2.05, 4.69) is 10.3 Å². The van der Waals surface area contributed by atoms with Gasteiger partial charge in [0.15, 0.2) is 0 Å². The van der Waals surface area contributed by atoms with Gasteiger partial charge >= 0.3 is 6.03 Å². The van der Waals surface area contributed by atoms with Gasteiger partial charge in [-0.25, -0.2) is 9.78 Å². The highest BCUT2D eigenvalue weighted by Gasteiger charge is 2.42. The molecule has 3 heterocycles. The minimum absolute atomic E-state index is 0.0722. The number of fused-ring (bicyclic) bond motifs is 3. The zero-order valence-electron chi connectivity index (χ0n) is 13.2. The Morgan fingerprint density at radius 3 is 2.65 bits per heavy atom. The van der Waals surface area contributed by atoms with Crippen LogP contribution in [0.3, 0.4) is 0 Å². The van der Waals surface area contributed by atoms with Crippen molar-refractivity contribution in [1.82, 2.24) is 19.8 Å². The van der Waals surface area contributed by atoms with Gasteiger partial charge < -0.3 is 14.8 Å². The van der Waals surface area contributed by atoms with Gasteiger partial charge in [0, 0.05) is 32.0 Å². The Balaban J connectivity index is 1.47. The van der Waals surface area contributed by atoms with E-state index < -0.39 is 0 Å². The summed E-state index contributed by atoms with van der Waals surface area (Å²) >= 11 is 0. The number of rotatable bonds is 2. The van der Waals surface area contributed by atoms with Gasteiger partial charge in [0.1, 0.15) is 11.6 Å². The molecule has 2 bridgehead atoms. The summed E-state index contributed by atoms with van der Waals surface area (Å²) in [4.78, 5) is 30.6. The monoisotopic (exact) mass is 312 g/mol. The number of benzene rings is 1. The van der Waals surface area contributed by atoms with E-state index in [1.807, 2.05) is 40.8 Å². The first-order chi connectivity index (χ1) is 11.1. The lowest BCUT2D eigenvalue weighted by molar-refractivity contribution is -0.122. The molecule has 2 atom stereocenters. The van der Waals surface area contributed by atoms with Crippen LogP contribution >= 0.6 is 0 Å². The summed E-state index contributed by atoms with van der Waals surface area (Å²) in [5.74, 6) is 1.12. The van der Waals surface area contributed by atoms with Crippen LogP contribution in [0.15, 0.2) is 24.3 Å². The number of hydrogen-bond donors (Lipinski definition) is 1. The molecule has 2 aromatic rings. The molecule has 4 rings (SSSR count). The van der Waals surface area contributed by atoms with Crippen molar-refractivity contribution in [3.05, 3.63) is 30.1 Å². The van der Waals surface area contributed by atoms with E-state index in [4.69, 9.17) is 0 Å². The third kappa shape index (κ3) is 2.38. The van der Waals surface area contributed by atoms with Gasteiger partial charge in [-0.15, -0.1) is 0 Å². The van der Waals surface area contributed by atoms with Crippen LogP contribution in [-0.2, 0) is 18.4 Å². The number of ketones is 1. The van der Waals surface area contributed by atoms with Crippen molar-refractivity contribution >= 4 is 22.8 Å². The maximum absolute atomic E-state index is 12.5. The molecule has 1 aromatic carbocycles. The van der Waals surface area contributed by atoms with Crippen LogP contribution in [0.4, 0.5) is 4.79 Å². The number of hydrogen-bond acceptors (Lipinski definition) is 3. The molecule has 1 aromatic heterocycles. The van der Waals surface area contributed by atoms with E-state index in [0.29, 0.717) is 19.4 Å². The van der Waals surface area contributed by atoms with E-state index in [1.165, 1.54) is 0 Å². The fourth-order valence-electron chi connectivity index (χ4n) is 3.90. The largest absolute Gasteiger partial charge is 0.331 e. The summed E-state index contributed by atoms with van der Waals surface area (Å²) in [7, 11) is 1.96. The minimum atomic E-state index is -0.0722. The molecular weight excluding hydrogens is 292 g/mol. The molecule has 2 amide bonds. The minimum Gasteiger partial charge on any atom is -0.331 e. The highest BCUT2D eigenvalue weighted by molar-refractivity contribution is 5.85. The molecule has 2 aliphatic heterocycles. The molecule has 6 nitrogen and oxygen atoms in total. The number of urea groups is 1. The smallest absolute Gasteiger partial charge is 0.318 e. The molecule has 120 valence electrons. The first kappa shape index (κ1) is 14.2. The van der Waals surface area contributed by atoms with Gasteiger partial charge in [0.2, 0.25) is 0 Å². The first-order valence-corrected chi connectivity index (χ1v) is 8.11. The Kier molecular flexibility index (Phi) is 3.32. The summed E-state index contributed by atoms with van der Waals surface area (Å²) in [5, 5.41) is 2.98. The Hall–Kier alpha value is -2.37. The van der Waals surface area contributed by atoms with Gasteiger partial charge in [0.05, 0.1) is 17.6 Å². The topological polar surface area (TPSA) is 67.2 Å². The normalized spacial score (nSPS) is 23.5. The number of aryl methyl sites for hydroxylation is 1. The summed E-state index contributed by atoms with van der Waals surface area (Å²) in [5.41, 5.74) is 1.99. The third-order valence-electron chi connectivity index (χ3n) is 5.06. The molecule has 23 heavy (non-hydrogen) atoms. The number of carbonyl (C=O) groups is 2. The van der Waals surface area contributed by atoms with E-state index in [1.54, 1.807) is 0 Å². The molecule has 0 aliphatic carbocycles. The predicted molar refractivity (Wildman–Crippen MR) is 85.8 cm³/mol. The van der Waals surface area contributed by atoms with Crippen LogP contribution in [0.1, 0.15) is 31.5 Å². The second kappa shape index (κ2) is 5.37. The molecule has 0 radical (unpaired) electrons. The van der Waals surface area contributed by atoms with Crippen LogP contribution in [0.5, 0.6) is 0 Å². The second-order valence-electron chi connectivity index (χ2n) is 6.47. The van der Waals surface area contributed by atoms with E-state index in [9.17, 15) is 9.59 Å². The average Bonchev–Trinajstić information content (AvgIpc) is 3.01. The van der Waals surface area contributed by atoms with Crippen LogP contribution in [-0.4, -0.2) is 38.3 Å². The second-order valence-corrected chi connectivity index (χ2v) is 6.47. The number of nitrogens with zero attached hydrogens (tertiary/aromatic N) is 3. The number of amides is 2. The highest BCUT2D eigenvalue weighted by Crippen LogP contribution is 2.33. The van der Waals surface area contributed by atoms with Crippen LogP contribution in [0, 0.1) is 0 Å². The van der Waals surface area contributed by atoms with E-state index in [0.717, 1.165) is 29.7 Å². The van der Waals surface area contributed by atoms with Crippen molar-refractivity contribution in [2.24, 2.45) is 7.05 Å². The van der Waals surface area contributed by atoms with Crippen molar-refractivity contribution in [1.29, 1.82) is 0 Å². The number of piperidine rings is 1. The van der Waals surface area contributed by atoms with Crippen molar-refractivity contribution in [3.63, 3.8) is 0 Å². The zero-order chi connectivity index (χ0) is 16.0. The SMILES string of the molecule is Cn1c(CNC(=O)N2[C@H]3CC[C@H]2CC(=O)C3)nc2ccccc21. The molecule has 0 unspecified atom stereocenters. The predicted octanol–water partition coefficient (Wildman–Crippen LogP) is 1.98. The number of imidazole rings is 1. The first-order valence-electron chi connectivity index (χ1n) is 8.11. The van der Waals surface area contributed by atoms with Gasteiger partial charge in [-0.2, -0.15) is 0 Å². The standard InChI is InChI=1S/C17H20N4O2/c1-20-15-5-3-2-4-14(15)19-16(20)10-18-17(23)21-11-6-7-12(21)9-13(22)8-11/h2-5,11-12H,6-10H2,1H3,(H,18,23)/t11-,12-/m0/s1.